The van der Waals surface area contributed by atoms with Gasteiger partial charge in [0.15, 0.2) is 0 Å². The van der Waals surface area contributed by atoms with E-state index in [2.05, 4.69) is 9.71 Å². The molecule has 0 radical (unpaired) electrons. The maximum absolute atomic E-state index is 12.3. The third-order valence-electron chi connectivity index (χ3n) is 2.71. The smallest absolute Gasteiger partial charge is 0.241 e. The standard InChI is InChI=1S/C12H14ClN3O2S2/c1-8(12-15-4-5-19-12)16-20(17,18)10-3-2-9(7-14)11(13)6-10/h2-6,8,16H,7,14H2,1H3. The van der Waals surface area contributed by atoms with Crippen molar-refractivity contribution >= 4 is 33.0 Å². The van der Waals surface area contributed by atoms with Gasteiger partial charge in [-0.3, -0.25) is 0 Å². The van der Waals surface area contributed by atoms with Gasteiger partial charge in [0.05, 0.1) is 10.9 Å². The summed E-state index contributed by atoms with van der Waals surface area (Å²) in [4.78, 5) is 4.20. The summed E-state index contributed by atoms with van der Waals surface area (Å²) in [5, 5.41) is 2.85. The van der Waals surface area contributed by atoms with Gasteiger partial charge in [-0.15, -0.1) is 11.3 Å². The molecule has 0 spiro atoms. The molecule has 3 N–H and O–H groups in total. The molecule has 1 heterocycles. The number of hydrogen-bond acceptors (Lipinski definition) is 5. The van der Waals surface area contributed by atoms with Crippen LogP contribution in [0.5, 0.6) is 0 Å². The summed E-state index contributed by atoms with van der Waals surface area (Å²) in [7, 11) is -3.64. The third kappa shape index (κ3) is 3.36. The van der Waals surface area contributed by atoms with E-state index in [0.29, 0.717) is 15.6 Å². The molecular weight excluding hydrogens is 318 g/mol. The molecule has 1 aromatic heterocycles. The molecule has 2 aromatic rings. The van der Waals surface area contributed by atoms with E-state index >= 15 is 0 Å². The van der Waals surface area contributed by atoms with Crippen molar-refractivity contribution in [1.29, 1.82) is 0 Å². The van der Waals surface area contributed by atoms with E-state index in [1.54, 1.807) is 24.6 Å². The number of nitrogens with two attached hydrogens (primary N) is 1. The molecule has 108 valence electrons. The predicted octanol–water partition coefficient (Wildman–Crippen LogP) is 2.29. The Kier molecular flexibility index (Phi) is 4.77. The summed E-state index contributed by atoms with van der Waals surface area (Å²) < 4.78 is 27.1. The van der Waals surface area contributed by atoms with Crippen LogP contribution in [0.3, 0.4) is 0 Å². The largest absolute Gasteiger partial charge is 0.326 e. The normalized spacial score (nSPS) is 13.3. The van der Waals surface area contributed by atoms with Gasteiger partial charge < -0.3 is 5.73 Å². The lowest BCUT2D eigenvalue weighted by Gasteiger charge is -2.12. The van der Waals surface area contributed by atoms with Crippen LogP contribution in [-0.4, -0.2) is 13.4 Å². The first-order chi connectivity index (χ1) is 9.44. The summed E-state index contributed by atoms with van der Waals surface area (Å²) in [6.45, 7) is 2.01. The first-order valence-electron chi connectivity index (χ1n) is 5.84. The van der Waals surface area contributed by atoms with Gasteiger partial charge in [-0.25, -0.2) is 18.1 Å². The number of rotatable bonds is 5. The van der Waals surface area contributed by atoms with Gasteiger partial charge in [0.25, 0.3) is 0 Å². The Morgan fingerprint density at radius 1 is 1.50 bits per heavy atom. The van der Waals surface area contributed by atoms with Crippen molar-refractivity contribution in [2.24, 2.45) is 5.73 Å². The summed E-state index contributed by atoms with van der Waals surface area (Å²) >= 11 is 7.38. The Morgan fingerprint density at radius 2 is 2.25 bits per heavy atom. The molecule has 5 nitrogen and oxygen atoms in total. The molecule has 1 unspecified atom stereocenters. The van der Waals surface area contributed by atoms with Crippen LogP contribution in [0.1, 0.15) is 23.5 Å². The summed E-state index contributed by atoms with van der Waals surface area (Å²) in [5.41, 5.74) is 6.21. The van der Waals surface area contributed by atoms with Gasteiger partial charge in [0, 0.05) is 23.1 Å². The van der Waals surface area contributed by atoms with Crippen molar-refractivity contribution in [3.05, 3.63) is 45.4 Å². The van der Waals surface area contributed by atoms with Gasteiger partial charge in [-0.05, 0) is 24.6 Å². The fourth-order valence-electron chi connectivity index (χ4n) is 1.66. The van der Waals surface area contributed by atoms with E-state index in [1.165, 1.54) is 23.5 Å². The number of aromatic nitrogens is 1. The monoisotopic (exact) mass is 331 g/mol. The lowest BCUT2D eigenvalue weighted by molar-refractivity contribution is 0.566. The van der Waals surface area contributed by atoms with Crippen LogP contribution in [0, 0.1) is 0 Å². The molecule has 20 heavy (non-hydrogen) atoms. The van der Waals surface area contributed by atoms with Crippen LogP contribution >= 0.6 is 22.9 Å². The molecule has 2 rings (SSSR count). The topological polar surface area (TPSA) is 85.1 Å². The van der Waals surface area contributed by atoms with E-state index in [-0.39, 0.29) is 11.4 Å². The molecule has 0 aliphatic carbocycles. The number of halogens is 1. The predicted molar refractivity (Wildman–Crippen MR) is 80.2 cm³/mol. The van der Waals surface area contributed by atoms with Crippen molar-refractivity contribution < 1.29 is 8.42 Å². The fraction of sp³-hybridized carbons (Fsp3) is 0.250. The Bertz CT molecular complexity index is 687. The van der Waals surface area contributed by atoms with Crippen molar-refractivity contribution in [3.63, 3.8) is 0 Å². The van der Waals surface area contributed by atoms with E-state index in [0.717, 1.165) is 0 Å². The maximum Gasteiger partial charge on any atom is 0.241 e. The van der Waals surface area contributed by atoms with Crippen molar-refractivity contribution in [1.82, 2.24) is 9.71 Å². The van der Waals surface area contributed by atoms with Crippen LogP contribution < -0.4 is 10.5 Å². The second-order valence-corrected chi connectivity index (χ2v) is 7.22. The van der Waals surface area contributed by atoms with Crippen LogP contribution in [0.15, 0.2) is 34.7 Å². The van der Waals surface area contributed by atoms with Gasteiger partial charge >= 0.3 is 0 Å². The van der Waals surface area contributed by atoms with Crippen LogP contribution in [0.2, 0.25) is 5.02 Å². The lowest BCUT2D eigenvalue weighted by Crippen LogP contribution is -2.26. The Morgan fingerprint density at radius 3 is 2.80 bits per heavy atom. The Hall–Kier alpha value is -0.990. The van der Waals surface area contributed by atoms with E-state index in [1.807, 2.05) is 0 Å². The minimum atomic E-state index is -3.64. The van der Waals surface area contributed by atoms with Crippen molar-refractivity contribution in [3.8, 4) is 0 Å². The van der Waals surface area contributed by atoms with E-state index in [9.17, 15) is 8.42 Å². The number of nitrogens with zero attached hydrogens (tertiary/aromatic N) is 1. The second kappa shape index (κ2) is 6.19. The van der Waals surface area contributed by atoms with Crippen LogP contribution in [0.25, 0.3) is 0 Å². The summed E-state index contributed by atoms with van der Waals surface area (Å²) in [5.74, 6) is 0. The quantitative estimate of drug-likeness (QED) is 0.880. The summed E-state index contributed by atoms with van der Waals surface area (Å²) in [6, 6.07) is 4.12. The molecule has 0 amide bonds. The van der Waals surface area contributed by atoms with Crippen LogP contribution in [0.4, 0.5) is 0 Å². The third-order valence-corrected chi connectivity index (χ3v) is 5.56. The molecule has 1 aromatic carbocycles. The number of thiazole rings is 1. The molecule has 0 aliphatic heterocycles. The number of benzene rings is 1. The molecule has 0 saturated carbocycles. The molecule has 0 saturated heterocycles. The van der Waals surface area contributed by atoms with Crippen molar-refractivity contribution in [2.75, 3.05) is 0 Å². The highest BCUT2D eigenvalue weighted by Gasteiger charge is 2.20. The average molecular weight is 332 g/mol. The first-order valence-corrected chi connectivity index (χ1v) is 8.58. The van der Waals surface area contributed by atoms with Gasteiger partial charge in [0.2, 0.25) is 10.0 Å². The minimum Gasteiger partial charge on any atom is -0.326 e. The molecule has 0 fully saturated rings. The zero-order chi connectivity index (χ0) is 14.8. The van der Waals surface area contributed by atoms with E-state index < -0.39 is 16.1 Å². The van der Waals surface area contributed by atoms with Gasteiger partial charge in [-0.1, -0.05) is 17.7 Å². The van der Waals surface area contributed by atoms with E-state index in [4.69, 9.17) is 17.3 Å². The highest BCUT2D eigenvalue weighted by atomic mass is 35.5. The van der Waals surface area contributed by atoms with Gasteiger partial charge in [-0.2, -0.15) is 0 Å². The van der Waals surface area contributed by atoms with Crippen molar-refractivity contribution in [2.45, 2.75) is 24.4 Å². The molecule has 0 aliphatic rings. The zero-order valence-electron chi connectivity index (χ0n) is 10.7. The number of sulfonamides is 1. The first kappa shape index (κ1) is 15.4. The number of hydrogen-bond donors (Lipinski definition) is 2. The highest BCUT2D eigenvalue weighted by Crippen LogP contribution is 2.23. The SMILES string of the molecule is CC(NS(=O)(=O)c1ccc(CN)c(Cl)c1)c1nccs1. The average Bonchev–Trinajstić information content (AvgIpc) is 2.92. The van der Waals surface area contributed by atoms with Gasteiger partial charge in [0.1, 0.15) is 5.01 Å². The molecule has 0 bridgehead atoms. The lowest BCUT2D eigenvalue weighted by atomic mass is 10.2. The Labute approximate surface area is 126 Å². The maximum atomic E-state index is 12.3. The molecule has 8 heteroatoms. The summed E-state index contributed by atoms with van der Waals surface area (Å²) in [6.07, 6.45) is 1.64. The second-order valence-electron chi connectivity index (χ2n) is 4.17. The molecule has 1 atom stereocenters. The fourth-order valence-corrected chi connectivity index (χ4v) is 3.94. The molecular formula is C12H14ClN3O2S2. The highest BCUT2D eigenvalue weighted by molar-refractivity contribution is 7.89. The Balaban J connectivity index is 2.24. The minimum absolute atomic E-state index is 0.114. The van der Waals surface area contributed by atoms with Crippen LogP contribution in [-0.2, 0) is 16.6 Å². The number of nitrogens with one attached hydrogen (secondary N) is 1. The zero-order valence-corrected chi connectivity index (χ0v) is 13.1.